The SMILES string of the molecule is CCCc1c(NC)ncnc1N(C)Cc1cc(Br)cs1. The first kappa shape index (κ1) is 15.3. The minimum atomic E-state index is 0.854. The molecule has 0 spiro atoms. The fraction of sp³-hybridized carbons (Fsp3) is 0.429. The smallest absolute Gasteiger partial charge is 0.137 e. The maximum absolute atomic E-state index is 4.48. The molecule has 0 aliphatic carbocycles. The van der Waals surface area contributed by atoms with Gasteiger partial charge < -0.3 is 10.2 Å². The highest BCUT2D eigenvalue weighted by molar-refractivity contribution is 9.10. The highest BCUT2D eigenvalue weighted by atomic mass is 79.9. The standard InChI is InChI=1S/C14H19BrN4S/c1-4-5-12-13(16-2)17-9-18-14(12)19(3)7-11-6-10(15)8-20-11/h6,8-9H,4-5,7H2,1-3H3,(H,16,17,18). The number of hydrogen-bond acceptors (Lipinski definition) is 5. The molecule has 1 N–H and O–H groups in total. The second-order valence-corrected chi connectivity index (χ2v) is 6.52. The summed E-state index contributed by atoms with van der Waals surface area (Å²) in [5, 5.41) is 5.27. The molecule has 2 aromatic heterocycles. The van der Waals surface area contributed by atoms with Crippen molar-refractivity contribution in [1.82, 2.24) is 9.97 Å². The molecule has 0 aliphatic heterocycles. The van der Waals surface area contributed by atoms with Crippen LogP contribution in [0, 0.1) is 0 Å². The fourth-order valence-corrected chi connectivity index (χ4v) is 3.68. The van der Waals surface area contributed by atoms with Crippen LogP contribution in [0.1, 0.15) is 23.8 Å². The minimum absolute atomic E-state index is 0.854. The topological polar surface area (TPSA) is 41.1 Å². The molecule has 0 atom stereocenters. The molecule has 0 fully saturated rings. The van der Waals surface area contributed by atoms with Gasteiger partial charge in [0.25, 0.3) is 0 Å². The highest BCUT2D eigenvalue weighted by Gasteiger charge is 2.14. The molecule has 0 radical (unpaired) electrons. The summed E-state index contributed by atoms with van der Waals surface area (Å²) in [5.74, 6) is 1.94. The van der Waals surface area contributed by atoms with Gasteiger partial charge >= 0.3 is 0 Å². The third-order valence-electron chi connectivity index (χ3n) is 3.04. The summed E-state index contributed by atoms with van der Waals surface area (Å²) in [4.78, 5) is 12.3. The zero-order chi connectivity index (χ0) is 14.5. The van der Waals surface area contributed by atoms with Crippen LogP contribution in [0.3, 0.4) is 0 Å². The molecule has 108 valence electrons. The van der Waals surface area contributed by atoms with Crippen LogP contribution in [0.25, 0.3) is 0 Å². The van der Waals surface area contributed by atoms with Crippen molar-refractivity contribution in [3.8, 4) is 0 Å². The Morgan fingerprint density at radius 2 is 2.20 bits per heavy atom. The van der Waals surface area contributed by atoms with E-state index in [-0.39, 0.29) is 0 Å². The van der Waals surface area contributed by atoms with Gasteiger partial charge in [0.05, 0.1) is 6.54 Å². The van der Waals surface area contributed by atoms with E-state index in [1.54, 1.807) is 17.7 Å². The van der Waals surface area contributed by atoms with Gasteiger partial charge in [0.15, 0.2) is 0 Å². The summed E-state index contributed by atoms with van der Waals surface area (Å²) in [5.41, 5.74) is 1.19. The molecule has 0 aromatic carbocycles. The number of anilines is 2. The molecule has 6 heteroatoms. The average Bonchev–Trinajstić information content (AvgIpc) is 2.84. The van der Waals surface area contributed by atoms with Crippen molar-refractivity contribution in [2.75, 3.05) is 24.3 Å². The largest absolute Gasteiger partial charge is 0.373 e. The average molecular weight is 355 g/mol. The van der Waals surface area contributed by atoms with Crippen LogP contribution in [0.4, 0.5) is 11.6 Å². The van der Waals surface area contributed by atoms with Gasteiger partial charge in [-0.15, -0.1) is 11.3 Å². The van der Waals surface area contributed by atoms with Gasteiger partial charge in [-0.1, -0.05) is 13.3 Å². The second-order valence-electron chi connectivity index (χ2n) is 4.61. The number of rotatable bonds is 6. The fourth-order valence-electron chi connectivity index (χ4n) is 2.17. The van der Waals surface area contributed by atoms with Crippen molar-refractivity contribution in [2.45, 2.75) is 26.3 Å². The summed E-state index contributed by atoms with van der Waals surface area (Å²) < 4.78 is 1.14. The van der Waals surface area contributed by atoms with Crippen molar-refractivity contribution in [1.29, 1.82) is 0 Å². The van der Waals surface area contributed by atoms with Crippen molar-refractivity contribution >= 4 is 38.9 Å². The van der Waals surface area contributed by atoms with Gasteiger partial charge in [-0.05, 0) is 28.4 Å². The molecule has 0 saturated heterocycles. The van der Waals surface area contributed by atoms with Gasteiger partial charge in [-0.25, -0.2) is 9.97 Å². The van der Waals surface area contributed by atoms with Gasteiger partial charge in [0.2, 0.25) is 0 Å². The first-order chi connectivity index (χ1) is 9.65. The molecule has 2 rings (SSSR count). The molecule has 2 aromatic rings. The van der Waals surface area contributed by atoms with Gasteiger partial charge in [0, 0.05) is 34.4 Å². The summed E-state index contributed by atoms with van der Waals surface area (Å²) >= 11 is 5.25. The van der Waals surface area contributed by atoms with Gasteiger partial charge in [-0.3, -0.25) is 0 Å². The van der Waals surface area contributed by atoms with Crippen molar-refractivity contribution in [3.05, 3.63) is 32.7 Å². The molecular weight excluding hydrogens is 336 g/mol. The van der Waals surface area contributed by atoms with E-state index in [9.17, 15) is 0 Å². The molecule has 0 amide bonds. The summed E-state index contributed by atoms with van der Waals surface area (Å²) in [6.45, 7) is 3.03. The number of aromatic nitrogens is 2. The normalized spacial score (nSPS) is 10.6. The maximum Gasteiger partial charge on any atom is 0.137 e. The van der Waals surface area contributed by atoms with E-state index in [4.69, 9.17) is 0 Å². The predicted octanol–water partition coefficient (Wildman–Crippen LogP) is 3.93. The lowest BCUT2D eigenvalue weighted by atomic mass is 10.1. The van der Waals surface area contributed by atoms with Crippen LogP contribution in [0.5, 0.6) is 0 Å². The van der Waals surface area contributed by atoms with Crippen LogP contribution in [0.15, 0.2) is 22.2 Å². The second kappa shape index (κ2) is 7.04. The zero-order valence-corrected chi connectivity index (χ0v) is 14.4. The molecule has 2 heterocycles. The lowest BCUT2D eigenvalue weighted by molar-refractivity contribution is 0.850. The Bertz CT molecular complexity index is 570. The summed E-state index contributed by atoms with van der Waals surface area (Å²) in [6.07, 6.45) is 3.68. The van der Waals surface area contributed by atoms with E-state index < -0.39 is 0 Å². The van der Waals surface area contributed by atoms with Gasteiger partial charge in [-0.2, -0.15) is 0 Å². The van der Waals surface area contributed by atoms with Crippen LogP contribution < -0.4 is 10.2 Å². The zero-order valence-electron chi connectivity index (χ0n) is 12.0. The van der Waals surface area contributed by atoms with Gasteiger partial charge in [0.1, 0.15) is 18.0 Å². The van der Waals surface area contributed by atoms with E-state index in [1.807, 2.05) is 7.05 Å². The lowest BCUT2D eigenvalue weighted by Gasteiger charge is -2.21. The van der Waals surface area contributed by atoms with Crippen molar-refractivity contribution in [2.24, 2.45) is 0 Å². The highest BCUT2D eigenvalue weighted by Crippen LogP contribution is 2.27. The number of hydrogen-bond donors (Lipinski definition) is 1. The predicted molar refractivity (Wildman–Crippen MR) is 89.7 cm³/mol. The maximum atomic E-state index is 4.48. The van der Waals surface area contributed by atoms with E-state index in [0.717, 1.165) is 35.5 Å². The molecule has 0 aliphatic rings. The van der Waals surface area contributed by atoms with E-state index in [1.165, 1.54) is 10.4 Å². The Balaban J connectivity index is 2.26. The number of thiophene rings is 1. The number of halogens is 1. The monoisotopic (exact) mass is 354 g/mol. The Morgan fingerprint density at radius 1 is 1.40 bits per heavy atom. The van der Waals surface area contributed by atoms with E-state index in [2.05, 4.69) is 61.5 Å². The molecule has 0 bridgehead atoms. The van der Waals surface area contributed by atoms with Crippen LogP contribution in [-0.2, 0) is 13.0 Å². The number of nitrogens with zero attached hydrogens (tertiary/aromatic N) is 3. The third-order valence-corrected chi connectivity index (χ3v) is 4.72. The number of nitrogens with one attached hydrogen (secondary N) is 1. The van der Waals surface area contributed by atoms with Crippen LogP contribution >= 0.6 is 27.3 Å². The molecule has 4 nitrogen and oxygen atoms in total. The Kier molecular flexibility index (Phi) is 5.37. The Hall–Kier alpha value is -1.14. The first-order valence-electron chi connectivity index (χ1n) is 6.61. The Labute approximate surface area is 132 Å². The van der Waals surface area contributed by atoms with Crippen molar-refractivity contribution < 1.29 is 0 Å². The first-order valence-corrected chi connectivity index (χ1v) is 8.28. The van der Waals surface area contributed by atoms with E-state index >= 15 is 0 Å². The van der Waals surface area contributed by atoms with Crippen molar-refractivity contribution in [3.63, 3.8) is 0 Å². The molecule has 0 unspecified atom stereocenters. The summed E-state index contributed by atoms with van der Waals surface area (Å²) in [6, 6.07) is 2.15. The third kappa shape index (κ3) is 3.49. The lowest BCUT2D eigenvalue weighted by Crippen LogP contribution is -2.20. The Morgan fingerprint density at radius 3 is 2.80 bits per heavy atom. The quantitative estimate of drug-likeness (QED) is 0.852. The molecular formula is C14H19BrN4S. The van der Waals surface area contributed by atoms with Crippen LogP contribution in [-0.4, -0.2) is 24.1 Å². The minimum Gasteiger partial charge on any atom is -0.373 e. The van der Waals surface area contributed by atoms with Crippen LogP contribution in [0.2, 0.25) is 0 Å². The molecule has 20 heavy (non-hydrogen) atoms. The van der Waals surface area contributed by atoms with E-state index in [0.29, 0.717) is 0 Å². The molecule has 0 saturated carbocycles. The summed E-state index contributed by atoms with van der Waals surface area (Å²) in [7, 11) is 3.98.